The Bertz CT molecular complexity index is 1450. The molecule has 35 heavy (non-hydrogen) atoms. The lowest BCUT2D eigenvalue weighted by Crippen LogP contribution is -2.40. The fourth-order valence-electron chi connectivity index (χ4n) is 4.53. The lowest BCUT2D eigenvalue weighted by molar-refractivity contribution is -0.0222. The van der Waals surface area contributed by atoms with Crippen molar-refractivity contribution in [2.75, 3.05) is 23.3 Å². The Morgan fingerprint density at radius 3 is 2.69 bits per heavy atom. The van der Waals surface area contributed by atoms with Gasteiger partial charge in [-0.15, -0.1) is 0 Å². The summed E-state index contributed by atoms with van der Waals surface area (Å²) in [6.45, 7) is 4.23. The van der Waals surface area contributed by atoms with E-state index in [2.05, 4.69) is 15.3 Å². The molecule has 2 N–H and O–H groups in total. The number of pyridine rings is 1. The van der Waals surface area contributed by atoms with E-state index in [4.69, 9.17) is 16.6 Å². The molecule has 0 spiro atoms. The van der Waals surface area contributed by atoms with E-state index in [0.717, 1.165) is 16.5 Å². The molecule has 1 aliphatic heterocycles. The summed E-state index contributed by atoms with van der Waals surface area (Å²) in [5.74, 6) is -3.31. The summed E-state index contributed by atoms with van der Waals surface area (Å²) in [6.07, 6.45) is 2.99. The van der Waals surface area contributed by atoms with Crippen LogP contribution in [0.5, 0.6) is 0 Å². The molecular weight excluding hydrogens is 478 g/mol. The van der Waals surface area contributed by atoms with E-state index in [1.165, 1.54) is 6.07 Å². The van der Waals surface area contributed by atoms with Crippen LogP contribution in [0.15, 0.2) is 36.7 Å². The van der Waals surface area contributed by atoms with Crippen molar-refractivity contribution >= 4 is 45.8 Å². The summed E-state index contributed by atoms with van der Waals surface area (Å²) in [7, 11) is 0. The number of piperidine rings is 1. The highest BCUT2D eigenvalue weighted by Crippen LogP contribution is 2.34. The van der Waals surface area contributed by atoms with Crippen LogP contribution in [-0.4, -0.2) is 49.4 Å². The highest BCUT2D eigenvalue weighted by molar-refractivity contribution is 6.29. The smallest absolute Gasteiger partial charge is 0.356 e. The first-order chi connectivity index (χ1) is 16.6. The molecule has 1 atom stereocenters. The van der Waals surface area contributed by atoms with Gasteiger partial charge in [0.05, 0.1) is 17.2 Å². The number of carbonyl (C=O) groups is 1. The molecule has 1 aromatic carbocycles. The Morgan fingerprint density at radius 1 is 1.23 bits per heavy atom. The Kier molecular flexibility index (Phi) is 5.71. The number of nitrogens with zero attached hydrogens (tertiary/aromatic N) is 5. The van der Waals surface area contributed by atoms with E-state index in [9.17, 15) is 18.7 Å². The van der Waals surface area contributed by atoms with Gasteiger partial charge in [-0.2, -0.15) is 0 Å². The van der Waals surface area contributed by atoms with Crippen LogP contribution in [0.2, 0.25) is 5.15 Å². The van der Waals surface area contributed by atoms with E-state index in [-0.39, 0.29) is 42.8 Å². The number of anilines is 2. The number of nitrogens with one attached hydrogen (secondary N) is 1. The van der Waals surface area contributed by atoms with Crippen molar-refractivity contribution < 1.29 is 18.7 Å². The minimum atomic E-state index is -2.67. The molecule has 0 aliphatic carbocycles. The molecule has 0 unspecified atom stereocenters. The Labute approximate surface area is 204 Å². The topological polar surface area (TPSA) is 95.6 Å². The minimum Gasteiger partial charge on any atom is -0.476 e. The number of carboxylic acids is 1. The SMILES string of the molecule is Cc1cc([C@@H](C)Nc2ccc(Cl)nc2C(=O)O)c2nc(N3CCC(F)(F)CC3)n3ccnc3c2c1. The number of halogens is 3. The van der Waals surface area contributed by atoms with Gasteiger partial charge in [0.15, 0.2) is 5.69 Å². The highest BCUT2D eigenvalue weighted by Gasteiger charge is 2.35. The number of aryl methyl sites for hydroxylation is 1. The first-order valence-corrected chi connectivity index (χ1v) is 11.6. The lowest BCUT2D eigenvalue weighted by atomic mass is 10.0. The average molecular weight is 501 g/mol. The van der Waals surface area contributed by atoms with E-state index < -0.39 is 11.9 Å². The third-order valence-electron chi connectivity index (χ3n) is 6.27. The molecule has 1 aliphatic rings. The summed E-state index contributed by atoms with van der Waals surface area (Å²) >= 11 is 5.89. The van der Waals surface area contributed by atoms with Gasteiger partial charge in [0, 0.05) is 49.3 Å². The number of hydrogen-bond acceptors (Lipinski definition) is 6. The van der Waals surface area contributed by atoms with Gasteiger partial charge < -0.3 is 15.3 Å². The molecule has 11 heteroatoms. The van der Waals surface area contributed by atoms with Crippen molar-refractivity contribution in [2.45, 2.75) is 38.7 Å². The summed E-state index contributed by atoms with van der Waals surface area (Å²) in [4.78, 5) is 26.9. The molecule has 0 saturated carbocycles. The standard InChI is InChI=1S/C24H23ClF2N6O2/c1-13-11-15(14(2)29-17-3-4-18(25)30-20(17)22(34)35)19-16(12-13)21-28-7-10-33(21)23(31-19)32-8-5-24(26,27)6-9-32/h3-4,7,10-12,14,29H,5-6,8-9H2,1-2H3,(H,34,35)/t14-/m1/s1. The largest absolute Gasteiger partial charge is 0.476 e. The average Bonchev–Trinajstić information content (AvgIpc) is 3.30. The number of hydrogen-bond donors (Lipinski definition) is 2. The molecular formula is C24H23ClF2N6O2. The van der Waals surface area contributed by atoms with Crippen molar-refractivity contribution in [3.8, 4) is 0 Å². The van der Waals surface area contributed by atoms with Gasteiger partial charge in [-0.1, -0.05) is 17.7 Å². The second kappa shape index (κ2) is 8.60. The van der Waals surface area contributed by atoms with E-state index in [1.807, 2.05) is 35.3 Å². The Hall–Kier alpha value is -3.53. The number of imidazole rings is 1. The lowest BCUT2D eigenvalue weighted by Gasteiger charge is -2.33. The molecule has 4 aromatic rings. The summed E-state index contributed by atoms with van der Waals surface area (Å²) in [6, 6.07) is 6.70. The molecule has 1 fully saturated rings. The molecule has 182 valence electrons. The van der Waals surface area contributed by atoms with E-state index in [1.54, 1.807) is 18.5 Å². The zero-order valence-electron chi connectivity index (χ0n) is 19.1. The van der Waals surface area contributed by atoms with Crippen LogP contribution in [0, 0.1) is 6.92 Å². The van der Waals surface area contributed by atoms with E-state index >= 15 is 0 Å². The number of rotatable bonds is 5. The Balaban J connectivity index is 1.62. The number of aromatic carboxylic acids is 1. The van der Waals surface area contributed by atoms with Gasteiger partial charge in [-0.25, -0.2) is 28.5 Å². The maximum atomic E-state index is 13.8. The van der Waals surface area contributed by atoms with Gasteiger partial charge in [0.1, 0.15) is 10.8 Å². The minimum absolute atomic E-state index is 0.0849. The van der Waals surface area contributed by atoms with Gasteiger partial charge >= 0.3 is 5.97 Å². The zero-order valence-corrected chi connectivity index (χ0v) is 19.9. The predicted octanol–water partition coefficient (Wildman–Crippen LogP) is 5.35. The molecule has 0 radical (unpaired) electrons. The second-order valence-electron chi connectivity index (χ2n) is 8.83. The predicted molar refractivity (Wildman–Crippen MR) is 130 cm³/mol. The molecule has 0 bridgehead atoms. The number of fused-ring (bicyclic) bond motifs is 3. The Morgan fingerprint density at radius 2 is 1.97 bits per heavy atom. The van der Waals surface area contributed by atoms with Crippen molar-refractivity contribution in [2.24, 2.45) is 0 Å². The van der Waals surface area contributed by atoms with Crippen molar-refractivity contribution in [1.82, 2.24) is 19.4 Å². The van der Waals surface area contributed by atoms with Crippen LogP contribution >= 0.6 is 11.6 Å². The fraction of sp³-hybridized carbons (Fsp3) is 0.333. The maximum absolute atomic E-state index is 13.8. The van der Waals surface area contributed by atoms with Crippen LogP contribution in [0.25, 0.3) is 16.6 Å². The number of aromatic nitrogens is 4. The van der Waals surface area contributed by atoms with Crippen LogP contribution in [0.1, 0.15) is 47.4 Å². The van der Waals surface area contributed by atoms with Gasteiger partial charge in [0.25, 0.3) is 5.92 Å². The van der Waals surface area contributed by atoms with Crippen molar-refractivity contribution in [1.29, 1.82) is 0 Å². The van der Waals surface area contributed by atoms with Crippen molar-refractivity contribution in [3.63, 3.8) is 0 Å². The zero-order chi connectivity index (χ0) is 24.9. The second-order valence-corrected chi connectivity index (χ2v) is 9.21. The highest BCUT2D eigenvalue weighted by atomic mass is 35.5. The molecule has 8 nitrogen and oxygen atoms in total. The number of benzene rings is 1. The quantitative estimate of drug-likeness (QED) is 0.357. The molecule has 1 saturated heterocycles. The summed E-state index contributed by atoms with van der Waals surface area (Å²) in [5.41, 5.74) is 3.29. The van der Waals surface area contributed by atoms with Crippen LogP contribution in [0.3, 0.4) is 0 Å². The van der Waals surface area contributed by atoms with Crippen LogP contribution in [-0.2, 0) is 0 Å². The first-order valence-electron chi connectivity index (χ1n) is 11.2. The summed E-state index contributed by atoms with van der Waals surface area (Å²) < 4.78 is 29.4. The maximum Gasteiger partial charge on any atom is 0.356 e. The molecule has 4 heterocycles. The number of alkyl halides is 2. The molecule has 0 amide bonds. The monoisotopic (exact) mass is 500 g/mol. The third kappa shape index (κ3) is 4.34. The van der Waals surface area contributed by atoms with Crippen LogP contribution in [0.4, 0.5) is 20.4 Å². The van der Waals surface area contributed by atoms with Gasteiger partial charge in [0.2, 0.25) is 5.95 Å². The van der Waals surface area contributed by atoms with Crippen LogP contribution < -0.4 is 10.2 Å². The fourth-order valence-corrected chi connectivity index (χ4v) is 4.68. The first kappa shape index (κ1) is 23.2. The van der Waals surface area contributed by atoms with Gasteiger partial charge in [-0.3, -0.25) is 4.40 Å². The number of carboxylic acid groups (broad SMARTS) is 1. The normalized spacial score (nSPS) is 16.5. The van der Waals surface area contributed by atoms with E-state index in [0.29, 0.717) is 22.8 Å². The van der Waals surface area contributed by atoms with Crippen molar-refractivity contribution in [3.05, 3.63) is 58.6 Å². The third-order valence-corrected chi connectivity index (χ3v) is 6.48. The molecule has 3 aromatic heterocycles. The summed E-state index contributed by atoms with van der Waals surface area (Å²) in [5, 5.41) is 13.7. The molecule has 5 rings (SSSR count). The van der Waals surface area contributed by atoms with Gasteiger partial charge in [-0.05, 0) is 37.6 Å².